The number of esters is 1. The van der Waals surface area contributed by atoms with Crippen molar-refractivity contribution in [2.75, 3.05) is 18.9 Å². The van der Waals surface area contributed by atoms with Crippen LogP contribution in [0.25, 0.3) is 0 Å². The lowest BCUT2D eigenvalue weighted by molar-refractivity contribution is -0.139. The first-order valence-corrected chi connectivity index (χ1v) is 8.36. The molecular formula is C17H16N2O4S. The lowest BCUT2D eigenvalue weighted by Crippen LogP contribution is -2.24. The molecule has 0 unspecified atom stereocenters. The highest BCUT2D eigenvalue weighted by Crippen LogP contribution is 2.21. The highest BCUT2D eigenvalue weighted by atomic mass is 32.1. The fourth-order valence-corrected chi connectivity index (χ4v) is 3.06. The highest BCUT2D eigenvalue weighted by molar-refractivity contribution is 7.08. The van der Waals surface area contributed by atoms with Gasteiger partial charge in [-0.25, -0.2) is 0 Å². The van der Waals surface area contributed by atoms with Gasteiger partial charge in [-0.3, -0.25) is 14.4 Å². The summed E-state index contributed by atoms with van der Waals surface area (Å²) in [6.07, 6.45) is 0.185. The van der Waals surface area contributed by atoms with Gasteiger partial charge in [0.25, 0.3) is 5.91 Å². The van der Waals surface area contributed by atoms with E-state index in [-0.39, 0.29) is 18.2 Å². The Labute approximate surface area is 143 Å². The summed E-state index contributed by atoms with van der Waals surface area (Å²) in [6, 6.07) is 8.30. The number of amides is 2. The van der Waals surface area contributed by atoms with E-state index in [9.17, 15) is 14.4 Å². The first-order valence-electron chi connectivity index (χ1n) is 7.42. The number of nitrogens with zero attached hydrogens (tertiary/aromatic N) is 1. The van der Waals surface area contributed by atoms with Gasteiger partial charge in [0.05, 0.1) is 11.5 Å². The van der Waals surface area contributed by atoms with E-state index in [0.29, 0.717) is 23.5 Å². The van der Waals surface area contributed by atoms with Crippen molar-refractivity contribution in [1.82, 2.24) is 4.90 Å². The molecule has 1 fully saturated rings. The zero-order chi connectivity index (χ0) is 17.1. The molecule has 7 heteroatoms. The molecule has 1 N–H and O–H groups in total. The monoisotopic (exact) mass is 344 g/mol. The molecule has 1 aromatic carbocycles. The number of ether oxygens (including phenoxy) is 1. The van der Waals surface area contributed by atoms with Crippen LogP contribution in [-0.2, 0) is 9.59 Å². The summed E-state index contributed by atoms with van der Waals surface area (Å²) in [7, 11) is 1.67. The smallest absolute Gasteiger partial charge is 0.316 e. The number of benzene rings is 1. The summed E-state index contributed by atoms with van der Waals surface area (Å²) in [5, 5.41) is 6.37. The molecule has 0 spiro atoms. The van der Waals surface area contributed by atoms with E-state index in [0.717, 1.165) is 0 Å². The van der Waals surface area contributed by atoms with E-state index in [2.05, 4.69) is 5.32 Å². The summed E-state index contributed by atoms with van der Waals surface area (Å²) >= 11 is 1.45. The van der Waals surface area contributed by atoms with Gasteiger partial charge in [0.2, 0.25) is 5.91 Å². The van der Waals surface area contributed by atoms with Gasteiger partial charge in [-0.15, -0.1) is 0 Å². The summed E-state index contributed by atoms with van der Waals surface area (Å²) in [5.41, 5.74) is 1.22. The minimum atomic E-state index is -0.430. The number of hydrogen-bond acceptors (Lipinski definition) is 5. The number of nitrogens with one attached hydrogen (secondary N) is 1. The van der Waals surface area contributed by atoms with Crippen LogP contribution in [0.5, 0.6) is 5.75 Å². The van der Waals surface area contributed by atoms with Crippen molar-refractivity contribution in [2.45, 2.75) is 6.42 Å². The normalized spacial score (nSPS) is 17.0. The van der Waals surface area contributed by atoms with Crippen LogP contribution >= 0.6 is 11.3 Å². The Morgan fingerprint density at radius 3 is 2.58 bits per heavy atom. The third-order valence-electron chi connectivity index (χ3n) is 3.79. The largest absolute Gasteiger partial charge is 0.426 e. The molecule has 3 rings (SSSR count). The predicted molar refractivity (Wildman–Crippen MR) is 90.1 cm³/mol. The number of likely N-dealkylation sites (tertiary alicyclic amines) is 1. The van der Waals surface area contributed by atoms with E-state index in [1.165, 1.54) is 16.2 Å². The maximum atomic E-state index is 12.1. The fraction of sp³-hybridized carbons (Fsp3) is 0.235. The molecule has 1 aliphatic rings. The number of hydrogen-bond donors (Lipinski definition) is 1. The van der Waals surface area contributed by atoms with Crippen molar-refractivity contribution in [3.63, 3.8) is 0 Å². The van der Waals surface area contributed by atoms with Crippen LogP contribution in [0.15, 0.2) is 41.1 Å². The van der Waals surface area contributed by atoms with Crippen molar-refractivity contribution in [2.24, 2.45) is 5.92 Å². The maximum absolute atomic E-state index is 12.1. The van der Waals surface area contributed by atoms with Gasteiger partial charge in [-0.1, -0.05) is 0 Å². The first-order chi connectivity index (χ1) is 11.5. The van der Waals surface area contributed by atoms with Crippen molar-refractivity contribution in [1.29, 1.82) is 0 Å². The molecule has 2 aromatic rings. The molecule has 6 nitrogen and oxygen atoms in total. The van der Waals surface area contributed by atoms with E-state index in [4.69, 9.17) is 4.74 Å². The fourth-order valence-electron chi connectivity index (χ4n) is 2.42. The second kappa shape index (κ2) is 6.84. The van der Waals surface area contributed by atoms with Crippen molar-refractivity contribution >= 4 is 34.8 Å². The molecule has 2 amide bonds. The van der Waals surface area contributed by atoms with Gasteiger partial charge in [0.1, 0.15) is 5.75 Å². The predicted octanol–water partition coefficient (Wildman–Crippen LogP) is 2.38. The zero-order valence-electron chi connectivity index (χ0n) is 13.0. The average molecular weight is 344 g/mol. The molecule has 1 atom stereocenters. The second-order valence-corrected chi connectivity index (χ2v) is 6.37. The molecule has 0 radical (unpaired) electrons. The molecule has 2 heterocycles. The Hall–Kier alpha value is -2.67. The molecule has 0 bridgehead atoms. The molecule has 1 aliphatic heterocycles. The van der Waals surface area contributed by atoms with Crippen LogP contribution in [0.3, 0.4) is 0 Å². The summed E-state index contributed by atoms with van der Waals surface area (Å²) < 4.78 is 5.30. The first kappa shape index (κ1) is 16.2. The minimum Gasteiger partial charge on any atom is -0.426 e. The Balaban J connectivity index is 1.57. The van der Waals surface area contributed by atoms with Gasteiger partial charge < -0.3 is 15.0 Å². The van der Waals surface area contributed by atoms with Crippen LogP contribution in [0.4, 0.5) is 5.69 Å². The lowest BCUT2D eigenvalue weighted by atomic mass is 10.1. The average Bonchev–Trinajstić information content (AvgIpc) is 3.20. The van der Waals surface area contributed by atoms with Crippen molar-refractivity contribution in [3.8, 4) is 5.75 Å². The molecule has 1 saturated heterocycles. The molecular weight excluding hydrogens is 328 g/mol. The molecule has 0 aliphatic carbocycles. The SMILES string of the molecule is CN1C[C@H](C(=O)Oc2ccc(NC(=O)c3ccsc3)cc2)CC1=O. The maximum Gasteiger partial charge on any atom is 0.316 e. The van der Waals surface area contributed by atoms with Crippen molar-refractivity contribution in [3.05, 3.63) is 46.7 Å². The third kappa shape index (κ3) is 3.62. The molecule has 124 valence electrons. The minimum absolute atomic E-state index is 0.0524. The highest BCUT2D eigenvalue weighted by Gasteiger charge is 2.33. The van der Waals surface area contributed by atoms with Crippen LogP contribution in [0.1, 0.15) is 16.8 Å². The molecule has 1 aromatic heterocycles. The number of anilines is 1. The van der Waals surface area contributed by atoms with Crippen LogP contribution in [-0.4, -0.2) is 36.3 Å². The number of carbonyl (C=O) groups excluding carboxylic acids is 3. The quantitative estimate of drug-likeness (QED) is 0.682. The topological polar surface area (TPSA) is 75.7 Å². The van der Waals surface area contributed by atoms with Gasteiger partial charge in [0, 0.05) is 31.1 Å². The number of carbonyl (C=O) groups is 3. The standard InChI is InChI=1S/C17H16N2O4S/c1-19-9-12(8-15(19)20)17(22)23-14-4-2-13(3-5-14)18-16(21)11-6-7-24-10-11/h2-7,10,12H,8-9H2,1H3,(H,18,21)/t12-/m1/s1. The van der Waals surface area contributed by atoms with Crippen molar-refractivity contribution < 1.29 is 19.1 Å². The Morgan fingerprint density at radius 1 is 1.25 bits per heavy atom. The second-order valence-electron chi connectivity index (χ2n) is 5.59. The van der Waals surface area contributed by atoms with E-state index < -0.39 is 11.9 Å². The lowest BCUT2D eigenvalue weighted by Gasteiger charge is -2.10. The van der Waals surface area contributed by atoms with Gasteiger partial charge in [-0.2, -0.15) is 11.3 Å². The van der Waals surface area contributed by atoms with E-state index in [1.807, 2.05) is 5.38 Å². The van der Waals surface area contributed by atoms with E-state index in [1.54, 1.807) is 42.8 Å². The Kier molecular flexibility index (Phi) is 4.61. The Morgan fingerprint density at radius 2 is 2.00 bits per heavy atom. The summed E-state index contributed by atoms with van der Waals surface area (Å²) in [4.78, 5) is 37.0. The molecule has 24 heavy (non-hydrogen) atoms. The zero-order valence-corrected chi connectivity index (χ0v) is 13.8. The summed E-state index contributed by atoms with van der Waals surface area (Å²) in [5.74, 6) is -0.698. The van der Waals surface area contributed by atoms with Gasteiger partial charge in [0.15, 0.2) is 0 Å². The van der Waals surface area contributed by atoms with Crippen LogP contribution < -0.4 is 10.1 Å². The summed E-state index contributed by atoms with van der Waals surface area (Å²) in [6.45, 7) is 0.381. The van der Waals surface area contributed by atoms with Gasteiger partial charge >= 0.3 is 5.97 Å². The van der Waals surface area contributed by atoms with Gasteiger partial charge in [-0.05, 0) is 35.7 Å². The van der Waals surface area contributed by atoms with Crippen LogP contribution in [0.2, 0.25) is 0 Å². The molecule has 0 saturated carbocycles. The third-order valence-corrected chi connectivity index (χ3v) is 4.47. The van der Waals surface area contributed by atoms with Crippen LogP contribution in [0, 0.1) is 5.92 Å². The number of rotatable bonds is 4. The Bertz CT molecular complexity index is 755. The van der Waals surface area contributed by atoms with E-state index >= 15 is 0 Å². The number of thiophene rings is 1.